The normalized spacial score (nSPS) is 12.2. The van der Waals surface area contributed by atoms with Crippen LogP contribution in [0.3, 0.4) is 0 Å². The van der Waals surface area contributed by atoms with Crippen LogP contribution < -0.4 is 15.2 Å². The summed E-state index contributed by atoms with van der Waals surface area (Å²) in [5.41, 5.74) is 7.17. The lowest BCUT2D eigenvalue weighted by atomic mass is 10.0. The Balaban J connectivity index is 2.89. The van der Waals surface area contributed by atoms with Crippen molar-refractivity contribution in [2.24, 2.45) is 5.73 Å². The van der Waals surface area contributed by atoms with Crippen molar-refractivity contribution >= 4 is 0 Å². The number of hydrogen-bond acceptors (Lipinski definition) is 3. The largest absolute Gasteiger partial charge is 0.496 e. The molecule has 0 heterocycles. The van der Waals surface area contributed by atoms with Crippen LogP contribution in [0.15, 0.2) is 18.2 Å². The van der Waals surface area contributed by atoms with E-state index in [2.05, 4.69) is 13.8 Å². The van der Waals surface area contributed by atoms with Gasteiger partial charge in [-0.25, -0.2) is 0 Å². The molecule has 1 unspecified atom stereocenters. The summed E-state index contributed by atoms with van der Waals surface area (Å²) < 4.78 is 10.9. The van der Waals surface area contributed by atoms with Gasteiger partial charge in [0, 0.05) is 11.6 Å². The summed E-state index contributed by atoms with van der Waals surface area (Å²) in [5, 5.41) is 0. The number of methoxy groups -OCH3 is 1. The fraction of sp³-hybridized carbons (Fsp3) is 0.571. The summed E-state index contributed by atoms with van der Waals surface area (Å²) in [5.74, 6) is 1.71. The molecule has 0 aliphatic rings. The quantitative estimate of drug-likeness (QED) is 0.791. The molecule has 0 saturated carbocycles. The maximum absolute atomic E-state index is 6.14. The predicted molar refractivity (Wildman–Crippen MR) is 70.6 cm³/mol. The monoisotopic (exact) mass is 237 g/mol. The molecule has 0 bridgehead atoms. The van der Waals surface area contributed by atoms with Crippen LogP contribution in [0.4, 0.5) is 0 Å². The van der Waals surface area contributed by atoms with Gasteiger partial charge in [-0.2, -0.15) is 0 Å². The zero-order valence-corrected chi connectivity index (χ0v) is 11.0. The summed E-state index contributed by atoms with van der Waals surface area (Å²) in [6.45, 7) is 4.95. The highest BCUT2D eigenvalue weighted by molar-refractivity contribution is 5.42. The molecule has 0 aromatic heterocycles. The van der Waals surface area contributed by atoms with E-state index in [9.17, 15) is 0 Å². The number of hydrogen-bond donors (Lipinski definition) is 1. The van der Waals surface area contributed by atoms with Crippen LogP contribution >= 0.6 is 0 Å². The number of rotatable bonds is 7. The second kappa shape index (κ2) is 7.17. The minimum atomic E-state index is 0.0140. The molecule has 0 radical (unpaired) electrons. The Hall–Kier alpha value is -1.22. The first-order chi connectivity index (χ1) is 8.22. The van der Waals surface area contributed by atoms with Crippen molar-refractivity contribution in [3.8, 4) is 11.5 Å². The van der Waals surface area contributed by atoms with E-state index in [0.717, 1.165) is 42.9 Å². The second-order valence-electron chi connectivity index (χ2n) is 4.15. The molecule has 1 aromatic rings. The summed E-state index contributed by atoms with van der Waals surface area (Å²) in [6.07, 6.45) is 3.01. The SMILES string of the molecule is CCCOc1ccc(OC)c(C(N)CCC)c1. The minimum absolute atomic E-state index is 0.0140. The van der Waals surface area contributed by atoms with Crippen molar-refractivity contribution in [3.63, 3.8) is 0 Å². The molecule has 0 fully saturated rings. The Morgan fingerprint density at radius 2 is 2.00 bits per heavy atom. The molecular weight excluding hydrogens is 214 g/mol. The maximum atomic E-state index is 6.14. The van der Waals surface area contributed by atoms with Crippen molar-refractivity contribution in [2.75, 3.05) is 13.7 Å². The topological polar surface area (TPSA) is 44.5 Å². The Morgan fingerprint density at radius 3 is 2.59 bits per heavy atom. The summed E-state index contributed by atoms with van der Waals surface area (Å²) in [4.78, 5) is 0. The van der Waals surface area contributed by atoms with Crippen molar-refractivity contribution in [3.05, 3.63) is 23.8 Å². The van der Waals surface area contributed by atoms with Gasteiger partial charge in [0.25, 0.3) is 0 Å². The molecule has 0 saturated heterocycles. The lowest BCUT2D eigenvalue weighted by Gasteiger charge is -2.16. The van der Waals surface area contributed by atoms with E-state index in [1.54, 1.807) is 7.11 Å². The van der Waals surface area contributed by atoms with E-state index in [0.29, 0.717) is 0 Å². The third-order valence-corrected chi connectivity index (χ3v) is 2.67. The number of ether oxygens (including phenoxy) is 2. The molecule has 3 nitrogen and oxygen atoms in total. The van der Waals surface area contributed by atoms with Crippen LogP contribution in [-0.2, 0) is 0 Å². The molecule has 0 aliphatic carbocycles. The average molecular weight is 237 g/mol. The Morgan fingerprint density at radius 1 is 1.24 bits per heavy atom. The molecule has 0 spiro atoms. The summed E-state index contributed by atoms with van der Waals surface area (Å²) in [7, 11) is 1.67. The van der Waals surface area contributed by atoms with Gasteiger partial charge in [-0.05, 0) is 31.0 Å². The average Bonchev–Trinajstić information content (AvgIpc) is 2.36. The van der Waals surface area contributed by atoms with Gasteiger partial charge < -0.3 is 15.2 Å². The van der Waals surface area contributed by atoms with Crippen molar-refractivity contribution in [1.82, 2.24) is 0 Å². The molecule has 96 valence electrons. The van der Waals surface area contributed by atoms with Gasteiger partial charge in [-0.1, -0.05) is 20.3 Å². The zero-order valence-electron chi connectivity index (χ0n) is 11.0. The highest BCUT2D eigenvalue weighted by Crippen LogP contribution is 2.30. The molecule has 2 N–H and O–H groups in total. The van der Waals surface area contributed by atoms with Crippen LogP contribution in [-0.4, -0.2) is 13.7 Å². The van der Waals surface area contributed by atoms with Crippen LogP contribution in [0.5, 0.6) is 11.5 Å². The molecule has 17 heavy (non-hydrogen) atoms. The maximum Gasteiger partial charge on any atom is 0.123 e. The highest BCUT2D eigenvalue weighted by Gasteiger charge is 2.12. The number of benzene rings is 1. The molecule has 1 aromatic carbocycles. The lowest BCUT2D eigenvalue weighted by molar-refractivity contribution is 0.315. The molecular formula is C14H23NO2. The smallest absolute Gasteiger partial charge is 0.123 e. The molecule has 1 rings (SSSR count). The fourth-order valence-electron chi connectivity index (χ4n) is 1.78. The van der Waals surface area contributed by atoms with Gasteiger partial charge in [0.05, 0.1) is 13.7 Å². The number of nitrogens with two attached hydrogens (primary N) is 1. The molecule has 3 heteroatoms. The molecule has 0 amide bonds. The third-order valence-electron chi connectivity index (χ3n) is 2.67. The van der Waals surface area contributed by atoms with E-state index >= 15 is 0 Å². The Kier molecular flexibility index (Phi) is 5.84. The highest BCUT2D eigenvalue weighted by atomic mass is 16.5. The van der Waals surface area contributed by atoms with Crippen molar-refractivity contribution in [2.45, 2.75) is 39.2 Å². The van der Waals surface area contributed by atoms with E-state index in [1.807, 2.05) is 18.2 Å². The van der Waals surface area contributed by atoms with E-state index in [1.165, 1.54) is 0 Å². The van der Waals surface area contributed by atoms with Crippen molar-refractivity contribution in [1.29, 1.82) is 0 Å². The van der Waals surface area contributed by atoms with Gasteiger partial charge in [0.15, 0.2) is 0 Å². The predicted octanol–water partition coefficient (Wildman–Crippen LogP) is 3.28. The second-order valence-corrected chi connectivity index (χ2v) is 4.15. The van der Waals surface area contributed by atoms with Gasteiger partial charge in [0.1, 0.15) is 11.5 Å². The van der Waals surface area contributed by atoms with Crippen LogP contribution in [0.25, 0.3) is 0 Å². The van der Waals surface area contributed by atoms with E-state index < -0.39 is 0 Å². The summed E-state index contributed by atoms with van der Waals surface area (Å²) >= 11 is 0. The van der Waals surface area contributed by atoms with Gasteiger partial charge >= 0.3 is 0 Å². The Labute approximate surface area is 104 Å². The van der Waals surface area contributed by atoms with Gasteiger partial charge in [-0.3, -0.25) is 0 Å². The zero-order chi connectivity index (χ0) is 12.7. The Bertz CT molecular complexity index is 339. The molecule has 0 aliphatic heterocycles. The van der Waals surface area contributed by atoms with Gasteiger partial charge in [-0.15, -0.1) is 0 Å². The first-order valence-corrected chi connectivity index (χ1v) is 6.29. The van der Waals surface area contributed by atoms with Crippen LogP contribution in [0, 0.1) is 0 Å². The minimum Gasteiger partial charge on any atom is -0.496 e. The van der Waals surface area contributed by atoms with Crippen LogP contribution in [0.2, 0.25) is 0 Å². The standard InChI is InChI=1S/C14H23NO2/c1-4-6-13(15)12-10-11(17-9-5-2)7-8-14(12)16-3/h7-8,10,13H,4-6,9,15H2,1-3H3. The molecule has 1 atom stereocenters. The first-order valence-electron chi connectivity index (χ1n) is 6.29. The lowest BCUT2D eigenvalue weighted by Crippen LogP contribution is -2.11. The van der Waals surface area contributed by atoms with Gasteiger partial charge in [0.2, 0.25) is 0 Å². The third kappa shape index (κ3) is 3.93. The van der Waals surface area contributed by atoms with E-state index in [-0.39, 0.29) is 6.04 Å². The van der Waals surface area contributed by atoms with E-state index in [4.69, 9.17) is 15.2 Å². The fourth-order valence-corrected chi connectivity index (χ4v) is 1.78. The summed E-state index contributed by atoms with van der Waals surface area (Å²) in [6, 6.07) is 5.86. The first kappa shape index (κ1) is 13.8. The van der Waals surface area contributed by atoms with Crippen LogP contribution in [0.1, 0.15) is 44.7 Å². The van der Waals surface area contributed by atoms with Crippen molar-refractivity contribution < 1.29 is 9.47 Å².